The Morgan fingerprint density at radius 3 is 2.63 bits per heavy atom. The molecule has 4 aromatic rings. The van der Waals surface area contributed by atoms with Crippen LogP contribution in [-0.2, 0) is 17.8 Å². The molecule has 0 spiro atoms. The van der Waals surface area contributed by atoms with E-state index in [2.05, 4.69) is 63.4 Å². The third-order valence-corrected chi connectivity index (χ3v) is 7.84. The number of para-hydroxylation sites is 1. The van der Waals surface area contributed by atoms with Gasteiger partial charge in [-0.2, -0.15) is 0 Å². The number of anilines is 1. The number of nitrogens with one attached hydrogen (secondary N) is 1. The number of likely N-dealkylation sites (N-methyl/N-ethyl adjacent to an activating group) is 1. The summed E-state index contributed by atoms with van der Waals surface area (Å²) in [4.78, 5) is 25.0. The van der Waals surface area contributed by atoms with E-state index < -0.39 is 0 Å². The van der Waals surface area contributed by atoms with Gasteiger partial charge >= 0.3 is 0 Å². The summed E-state index contributed by atoms with van der Waals surface area (Å²) in [5.41, 5.74) is 11.6. The lowest BCUT2D eigenvalue weighted by atomic mass is 9.90. The lowest BCUT2D eigenvalue weighted by Gasteiger charge is -2.32. The van der Waals surface area contributed by atoms with Crippen molar-refractivity contribution in [2.75, 3.05) is 25.9 Å². The van der Waals surface area contributed by atoms with Gasteiger partial charge in [-0.25, -0.2) is 4.98 Å². The number of nitrogen functional groups attached to an aromatic ring is 1. The average Bonchev–Trinajstić information content (AvgIpc) is 3.38. The molecular formula is C32H37N5O. The smallest absolute Gasteiger partial charge is 0.246 e. The molecule has 1 saturated heterocycles. The zero-order valence-corrected chi connectivity index (χ0v) is 22.3. The molecule has 3 heterocycles. The van der Waals surface area contributed by atoms with Crippen molar-refractivity contribution in [3.05, 3.63) is 101 Å². The summed E-state index contributed by atoms with van der Waals surface area (Å²) in [5.74, 6) is 1.23. The van der Waals surface area contributed by atoms with Crippen molar-refractivity contribution in [2.24, 2.45) is 5.92 Å². The van der Waals surface area contributed by atoms with Crippen LogP contribution in [0, 0.1) is 5.92 Å². The minimum atomic E-state index is -0.0792. The number of likely N-dealkylation sites (tertiary alicyclic amines) is 1. The van der Waals surface area contributed by atoms with Crippen LogP contribution in [-0.4, -0.2) is 45.8 Å². The highest BCUT2D eigenvalue weighted by Gasteiger charge is 2.21. The maximum Gasteiger partial charge on any atom is 0.246 e. The molecule has 1 amide bonds. The molecule has 2 aromatic carbocycles. The summed E-state index contributed by atoms with van der Waals surface area (Å²) in [7, 11) is 1.83. The Morgan fingerprint density at radius 1 is 1.13 bits per heavy atom. The molecule has 0 aliphatic carbocycles. The standard InChI is InChI=1S/C32H37N5O/c1-23(30-20-27-10-6-7-11-29(27)35-30)36(2)31(38)13-12-26-19-28(32(33)34-21-26)22-37-16-14-25(15-17-37)18-24-8-4-3-5-9-24/h3-13,19-21,23,25,35H,14-18,22H2,1-2H3,(H2,33,34). The third-order valence-electron chi connectivity index (χ3n) is 7.84. The Kier molecular flexibility index (Phi) is 7.89. The number of aromatic nitrogens is 2. The molecule has 0 radical (unpaired) electrons. The Balaban J connectivity index is 1.17. The van der Waals surface area contributed by atoms with Gasteiger partial charge in [0.05, 0.1) is 6.04 Å². The van der Waals surface area contributed by atoms with Crippen LogP contribution >= 0.6 is 0 Å². The average molecular weight is 508 g/mol. The maximum atomic E-state index is 12.9. The van der Waals surface area contributed by atoms with Crippen LogP contribution < -0.4 is 5.73 Å². The first-order valence-corrected chi connectivity index (χ1v) is 13.5. The number of carbonyl (C=O) groups is 1. The SMILES string of the molecule is CC(c1cc2ccccc2[nH]1)N(C)C(=O)C=Cc1cnc(N)c(CN2CCC(Cc3ccccc3)CC2)c1. The van der Waals surface area contributed by atoms with E-state index in [0.29, 0.717) is 5.82 Å². The number of piperidine rings is 1. The Morgan fingerprint density at radius 2 is 1.87 bits per heavy atom. The van der Waals surface area contributed by atoms with Gasteiger partial charge < -0.3 is 15.6 Å². The number of benzene rings is 2. The number of rotatable bonds is 8. The fourth-order valence-electron chi connectivity index (χ4n) is 5.30. The highest BCUT2D eigenvalue weighted by Crippen LogP contribution is 2.25. The van der Waals surface area contributed by atoms with E-state index in [-0.39, 0.29) is 11.9 Å². The van der Waals surface area contributed by atoms with Gasteiger partial charge in [-0.15, -0.1) is 0 Å². The van der Waals surface area contributed by atoms with Crippen LogP contribution in [0.1, 0.15) is 48.2 Å². The second-order valence-corrected chi connectivity index (χ2v) is 10.5. The Hall–Kier alpha value is -3.90. The molecule has 196 valence electrons. The highest BCUT2D eigenvalue weighted by atomic mass is 16.2. The molecule has 1 fully saturated rings. The number of nitrogens with two attached hydrogens (primary N) is 1. The molecule has 1 aliphatic heterocycles. The van der Waals surface area contributed by atoms with Crippen molar-refractivity contribution >= 4 is 28.7 Å². The number of hydrogen-bond donors (Lipinski definition) is 2. The van der Waals surface area contributed by atoms with E-state index in [1.165, 1.54) is 18.4 Å². The van der Waals surface area contributed by atoms with Crippen molar-refractivity contribution in [1.29, 1.82) is 0 Å². The van der Waals surface area contributed by atoms with Gasteiger partial charge in [0.2, 0.25) is 5.91 Å². The molecular weight excluding hydrogens is 470 g/mol. The molecule has 1 unspecified atom stereocenters. The van der Waals surface area contributed by atoms with E-state index in [1.54, 1.807) is 17.2 Å². The van der Waals surface area contributed by atoms with Gasteiger partial charge in [0.25, 0.3) is 0 Å². The number of nitrogens with zero attached hydrogens (tertiary/aromatic N) is 3. The van der Waals surface area contributed by atoms with E-state index >= 15 is 0 Å². The normalized spacial score (nSPS) is 15.7. The number of amides is 1. The Bertz CT molecular complexity index is 1370. The predicted molar refractivity (Wildman–Crippen MR) is 155 cm³/mol. The lowest BCUT2D eigenvalue weighted by molar-refractivity contribution is -0.126. The summed E-state index contributed by atoms with van der Waals surface area (Å²) in [6.07, 6.45) is 8.72. The predicted octanol–water partition coefficient (Wildman–Crippen LogP) is 5.83. The first-order chi connectivity index (χ1) is 18.5. The molecule has 6 nitrogen and oxygen atoms in total. The molecule has 0 bridgehead atoms. The number of hydrogen-bond acceptors (Lipinski definition) is 4. The van der Waals surface area contributed by atoms with Crippen LogP contribution in [0.5, 0.6) is 0 Å². The van der Waals surface area contributed by atoms with Crippen molar-refractivity contribution in [1.82, 2.24) is 19.8 Å². The highest BCUT2D eigenvalue weighted by molar-refractivity contribution is 5.92. The summed E-state index contributed by atoms with van der Waals surface area (Å²) in [6, 6.07) is 23.0. The van der Waals surface area contributed by atoms with Gasteiger partial charge in [0, 0.05) is 42.6 Å². The van der Waals surface area contributed by atoms with Gasteiger partial charge in [-0.3, -0.25) is 9.69 Å². The first kappa shape index (κ1) is 25.7. The topological polar surface area (TPSA) is 78.2 Å². The first-order valence-electron chi connectivity index (χ1n) is 13.5. The molecule has 3 N–H and O–H groups in total. The quantitative estimate of drug-likeness (QED) is 0.294. The van der Waals surface area contributed by atoms with Crippen molar-refractivity contribution in [3.8, 4) is 0 Å². The van der Waals surface area contributed by atoms with Crippen LogP contribution in [0.15, 0.2) is 79.0 Å². The number of carbonyl (C=O) groups excluding carboxylic acids is 1. The summed E-state index contributed by atoms with van der Waals surface area (Å²) in [6.45, 7) is 4.93. The summed E-state index contributed by atoms with van der Waals surface area (Å²) >= 11 is 0. The lowest BCUT2D eigenvalue weighted by Crippen LogP contribution is -2.34. The van der Waals surface area contributed by atoms with Gasteiger partial charge in [0.1, 0.15) is 5.82 Å². The maximum absolute atomic E-state index is 12.9. The van der Waals surface area contributed by atoms with Crippen LogP contribution in [0.2, 0.25) is 0 Å². The zero-order valence-electron chi connectivity index (χ0n) is 22.3. The second kappa shape index (κ2) is 11.7. The fraction of sp³-hybridized carbons (Fsp3) is 0.312. The van der Waals surface area contributed by atoms with E-state index in [4.69, 9.17) is 5.73 Å². The van der Waals surface area contributed by atoms with Crippen molar-refractivity contribution in [3.63, 3.8) is 0 Å². The number of pyridine rings is 1. The number of fused-ring (bicyclic) bond motifs is 1. The molecule has 6 heteroatoms. The summed E-state index contributed by atoms with van der Waals surface area (Å²) < 4.78 is 0. The second-order valence-electron chi connectivity index (χ2n) is 10.5. The fourth-order valence-corrected chi connectivity index (χ4v) is 5.30. The van der Waals surface area contributed by atoms with Crippen LogP contribution in [0.3, 0.4) is 0 Å². The van der Waals surface area contributed by atoms with Gasteiger partial charge in [-0.05, 0) is 86.0 Å². The molecule has 0 saturated carbocycles. The Labute approximate surface area is 225 Å². The minimum absolute atomic E-state index is 0.0602. The van der Waals surface area contributed by atoms with Crippen LogP contribution in [0.4, 0.5) is 5.82 Å². The van der Waals surface area contributed by atoms with Crippen molar-refractivity contribution in [2.45, 2.75) is 38.8 Å². The molecule has 5 rings (SSSR count). The van der Waals surface area contributed by atoms with E-state index in [0.717, 1.165) is 59.7 Å². The van der Waals surface area contributed by atoms with E-state index in [9.17, 15) is 4.79 Å². The minimum Gasteiger partial charge on any atom is -0.383 e. The molecule has 38 heavy (non-hydrogen) atoms. The summed E-state index contributed by atoms with van der Waals surface area (Å²) in [5, 5.41) is 1.15. The number of H-pyrrole nitrogens is 1. The zero-order chi connectivity index (χ0) is 26.5. The largest absolute Gasteiger partial charge is 0.383 e. The third kappa shape index (κ3) is 6.14. The molecule has 1 aliphatic rings. The van der Waals surface area contributed by atoms with E-state index in [1.807, 2.05) is 38.2 Å². The van der Waals surface area contributed by atoms with Gasteiger partial charge in [0.15, 0.2) is 0 Å². The molecule has 1 atom stereocenters. The monoisotopic (exact) mass is 507 g/mol. The number of aromatic amines is 1. The van der Waals surface area contributed by atoms with Crippen molar-refractivity contribution < 1.29 is 4.79 Å². The van der Waals surface area contributed by atoms with Gasteiger partial charge in [-0.1, -0.05) is 48.5 Å². The van der Waals surface area contributed by atoms with Crippen LogP contribution in [0.25, 0.3) is 17.0 Å². The molecule has 2 aromatic heterocycles.